The molecule has 0 atom stereocenters. The number of ether oxygens (including phenoxy) is 1. The van der Waals surface area contributed by atoms with Crippen molar-refractivity contribution in [2.24, 2.45) is 0 Å². The number of hydrogen-bond donors (Lipinski definition) is 2. The van der Waals surface area contributed by atoms with Crippen molar-refractivity contribution < 1.29 is 13.9 Å². The average Bonchev–Trinajstić information content (AvgIpc) is 2.47. The summed E-state index contributed by atoms with van der Waals surface area (Å²) in [5, 5.41) is 2.22. The monoisotopic (exact) mass is 295 g/mol. The molecule has 2 aromatic rings. The van der Waals surface area contributed by atoms with Gasteiger partial charge in [0.15, 0.2) is 5.82 Å². The fourth-order valence-electron chi connectivity index (χ4n) is 1.48. The van der Waals surface area contributed by atoms with Crippen LogP contribution in [0.1, 0.15) is 10.5 Å². The molecule has 0 aliphatic carbocycles. The van der Waals surface area contributed by atoms with Crippen molar-refractivity contribution in [1.82, 2.24) is 10.3 Å². The lowest BCUT2D eigenvalue weighted by Gasteiger charge is -2.09. The minimum absolute atomic E-state index is 0.0665. The van der Waals surface area contributed by atoms with E-state index < -0.39 is 5.82 Å². The summed E-state index contributed by atoms with van der Waals surface area (Å²) in [6.45, 7) is 0. The fraction of sp³-hybridized carbons (Fsp3) is 0.0769. The lowest BCUT2D eigenvalue weighted by Crippen LogP contribution is -2.18. The third kappa shape index (κ3) is 2.80. The third-order valence-corrected chi connectivity index (χ3v) is 2.85. The Labute approximate surface area is 119 Å². The Morgan fingerprint density at radius 1 is 1.45 bits per heavy atom. The topological polar surface area (TPSA) is 77.2 Å². The van der Waals surface area contributed by atoms with Gasteiger partial charge in [0.05, 0.1) is 5.69 Å². The quantitative estimate of drug-likeness (QED) is 0.853. The van der Waals surface area contributed by atoms with Crippen molar-refractivity contribution in [2.75, 3.05) is 12.8 Å². The number of hydrogen-bond acceptors (Lipinski definition) is 4. The summed E-state index contributed by atoms with van der Waals surface area (Å²) in [6.07, 6.45) is 1.40. The van der Waals surface area contributed by atoms with Crippen LogP contribution in [0.4, 0.5) is 10.1 Å². The van der Waals surface area contributed by atoms with Gasteiger partial charge in [0, 0.05) is 19.3 Å². The van der Waals surface area contributed by atoms with Gasteiger partial charge in [0.25, 0.3) is 5.91 Å². The van der Waals surface area contributed by atoms with Crippen molar-refractivity contribution >= 4 is 23.2 Å². The number of carbonyl (C=O) groups excluding carboxylic acids is 1. The van der Waals surface area contributed by atoms with Gasteiger partial charge in [-0.3, -0.25) is 9.78 Å². The molecule has 2 rings (SSSR count). The van der Waals surface area contributed by atoms with Gasteiger partial charge in [-0.15, -0.1) is 0 Å². The molecular weight excluding hydrogens is 285 g/mol. The van der Waals surface area contributed by atoms with Crippen LogP contribution in [0.3, 0.4) is 0 Å². The zero-order valence-corrected chi connectivity index (χ0v) is 11.2. The molecule has 1 amide bonds. The summed E-state index contributed by atoms with van der Waals surface area (Å²) < 4.78 is 19.0. The number of nitrogens with zero attached hydrogens (tertiary/aromatic N) is 1. The van der Waals surface area contributed by atoms with Crippen LogP contribution in [0.25, 0.3) is 0 Å². The molecule has 0 radical (unpaired) electrons. The standard InChI is InChI=1S/C13H11ClFN3O2/c1-17-13(19)9-6-7(4-5-18-9)20-10-3-2-8(16)12(15)11(10)14/h2-6H,16H2,1H3,(H,17,19). The third-order valence-electron chi connectivity index (χ3n) is 2.50. The van der Waals surface area contributed by atoms with Crippen molar-refractivity contribution in [2.45, 2.75) is 0 Å². The molecule has 0 unspecified atom stereocenters. The lowest BCUT2D eigenvalue weighted by molar-refractivity contribution is 0.0958. The van der Waals surface area contributed by atoms with Crippen LogP contribution in [-0.4, -0.2) is 17.9 Å². The molecule has 0 saturated heterocycles. The van der Waals surface area contributed by atoms with E-state index in [1.54, 1.807) is 0 Å². The van der Waals surface area contributed by atoms with Crippen LogP contribution in [0.2, 0.25) is 5.02 Å². The fourth-order valence-corrected chi connectivity index (χ4v) is 1.69. The number of anilines is 1. The highest BCUT2D eigenvalue weighted by Gasteiger charge is 2.13. The minimum atomic E-state index is -0.746. The van der Waals surface area contributed by atoms with Crippen LogP contribution < -0.4 is 15.8 Å². The number of pyridine rings is 1. The Morgan fingerprint density at radius 3 is 2.90 bits per heavy atom. The first-order valence-corrected chi connectivity index (χ1v) is 6.00. The van der Waals surface area contributed by atoms with E-state index in [-0.39, 0.29) is 28.1 Å². The predicted octanol–water partition coefficient (Wildman–Crippen LogP) is 2.61. The van der Waals surface area contributed by atoms with Gasteiger partial charge >= 0.3 is 0 Å². The van der Waals surface area contributed by atoms with E-state index in [1.807, 2.05) is 0 Å². The summed E-state index contributed by atoms with van der Waals surface area (Å²) in [5.41, 5.74) is 5.50. The second-order valence-corrected chi connectivity index (χ2v) is 4.22. The molecule has 1 aromatic heterocycles. The highest BCUT2D eigenvalue weighted by molar-refractivity contribution is 6.32. The average molecular weight is 296 g/mol. The van der Waals surface area contributed by atoms with Crippen LogP contribution in [0.15, 0.2) is 30.5 Å². The summed E-state index contributed by atoms with van der Waals surface area (Å²) in [4.78, 5) is 15.3. The molecule has 0 saturated carbocycles. The summed E-state index contributed by atoms with van der Waals surface area (Å²) >= 11 is 5.80. The van der Waals surface area contributed by atoms with Gasteiger partial charge in [-0.1, -0.05) is 11.6 Å². The zero-order valence-electron chi connectivity index (χ0n) is 10.5. The van der Waals surface area contributed by atoms with Crippen LogP contribution in [-0.2, 0) is 0 Å². The van der Waals surface area contributed by atoms with E-state index in [0.29, 0.717) is 5.75 Å². The molecule has 0 fully saturated rings. The van der Waals surface area contributed by atoms with E-state index in [0.717, 1.165) is 0 Å². The number of amides is 1. The Morgan fingerprint density at radius 2 is 2.20 bits per heavy atom. The normalized spacial score (nSPS) is 10.2. The van der Waals surface area contributed by atoms with Gasteiger partial charge in [0.1, 0.15) is 22.2 Å². The maximum atomic E-state index is 13.5. The molecule has 104 valence electrons. The number of rotatable bonds is 3. The molecule has 3 N–H and O–H groups in total. The van der Waals surface area contributed by atoms with Gasteiger partial charge in [-0.25, -0.2) is 4.39 Å². The second-order valence-electron chi connectivity index (χ2n) is 3.84. The second kappa shape index (κ2) is 5.75. The maximum Gasteiger partial charge on any atom is 0.269 e. The lowest BCUT2D eigenvalue weighted by atomic mass is 10.3. The molecular formula is C13H11ClFN3O2. The molecule has 0 aliphatic heterocycles. The first kappa shape index (κ1) is 14.1. The first-order valence-electron chi connectivity index (χ1n) is 5.62. The molecule has 1 aromatic carbocycles. The molecule has 20 heavy (non-hydrogen) atoms. The van der Waals surface area contributed by atoms with Crippen molar-refractivity contribution in [1.29, 1.82) is 0 Å². The summed E-state index contributed by atoms with van der Waals surface area (Å²) in [6, 6.07) is 5.73. The molecule has 0 aliphatic rings. The predicted molar refractivity (Wildman–Crippen MR) is 73.5 cm³/mol. The zero-order chi connectivity index (χ0) is 14.7. The van der Waals surface area contributed by atoms with E-state index in [4.69, 9.17) is 22.1 Å². The number of carbonyl (C=O) groups is 1. The van der Waals surface area contributed by atoms with Crippen molar-refractivity contribution in [3.63, 3.8) is 0 Å². The number of nitrogens with two attached hydrogens (primary N) is 1. The molecule has 0 bridgehead atoms. The SMILES string of the molecule is CNC(=O)c1cc(Oc2ccc(N)c(F)c2Cl)ccn1. The van der Waals surface area contributed by atoms with E-state index in [9.17, 15) is 9.18 Å². The van der Waals surface area contributed by atoms with E-state index >= 15 is 0 Å². The van der Waals surface area contributed by atoms with Crippen molar-refractivity contribution in [3.8, 4) is 11.5 Å². The Balaban J connectivity index is 2.31. The van der Waals surface area contributed by atoms with Crippen LogP contribution in [0, 0.1) is 5.82 Å². The Kier molecular flexibility index (Phi) is 4.05. The maximum absolute atomic E-state index is 13.5. The summed E-state index contributed by atoms with van der Waals surface area (Å²) in [5.74, 6) is -0.688. The van der Waals surface area contributed by atoms with Crippen LogP contribution in [0.5, 0.6) is 11.5 Å². The Bertz CT molecular complexity index is 664. The largest absolute Gasteiger partial charge is 0.456 e. The molecule has 1 heterocycles. The molecule has 0 spiro atoms. The number of benzene rings is 1. The van der Waals surface area contributed by atoms with Gasteiger partial charge in [-0.05, 0) is 18.2 Å². The smallest absolute Gasteiger partial charge is 0.269 e. The highest BCUT2D eigenvalue weighted by atomic mass is 35.5. The molecule has 5 nitrogen and oxygen atoms in total. The Hall–Kier alpha value is -2.34. The van der Waals surface area contributed by atoms with Gasteiger partial charge < -0.3 is 15.8 Å². The summed E-state index contributed by atoms with van der Waals surface area (Å²) in [7, 11) is 1.49. The molecule has 7 heteroatoms. The number of nitrogens with one attached hydrogen (secondary N) is 1. The number of aromatic nitrogens is 1. The first-order chi connectivity index (χ1) is 9.52. The van der Waals surface area contributed by atoms with Crippen LogP contribution >= 0.6 is 11.6 Å². The van der Waals surface area contributed by atoms with Crippen molar-refractivity contribution in [3.05, 3.63) is 47.0 Å². The minimum Gasteiger partial charge on any atom is -0.456 e. The van der Waals surface area contributed by atoms with Gasteiger partial charge in [0.2, 0.25) is 0 Å². The van der Waals surface area contributed by atoms with E-state index in [1.165, 1.54) is 37.5 Å². The van der Waals surface area contributed by atoms with E-state index in [2.05, 4.69) is 10.3 Å². The number of halogens is 2. The highest BCUT2D eigenvalue weighted by Crippen LogP contribution is 2.33. The number of nitrogen functional groups attached to an aromatic ring is 1. The van der Waals surface area contributed by atoms with Gasteiger partial charge in [-0.2, -0.15) is 0 Å².